The van der Waals surface area contributed by atoms with Crippen molar-refractivity contribution in [3.05, 3.63) is 41.2 Å². The van der Waals surface area contributed by atoms with E-state index in [2.05, 4.69) is 15.6 Å². The Morgan fingerprint density at radius 1 is 1.23 bits per heavy atom. The van der Waals surface area contributed by atoms with E-state index < -0.39 is 5.97 Å². The van der Waals surface area contributed by atoms with Crippen LogP contribution in [0, 0.1) is 13.8 Å². The zero-order valence-corrected chi connectivity index (χ0v) is 14.9. The second-order valence-electron chi connectivity index (χ2n) is 5.83. The minimum absolute atomic E-state index is 0.108. The molecule has 138 valence electrons. The highest BCUT2D eigenvalue weighted by Gasteiger charge is 2.18. The van der Waals surface area contributed by atoms with Gasteiger partial charge in [0.2, 0.25) is 11.8 Å². The summed E-state index contributed by atoms with van der Waals surface area (Å²) in [6, 6.07) is 5.71. The quantitative estimate of drug-likeness (QED) is 0.764. The average Bonchev–Trinajstić information content (AvgIpc) is 3.05. The molecule has 2 aromatic rings. The second kappa shape index (κ2) is 8.24. The van der Waals surface area contributed by atoms with E-state index in [0.717, 1.165) is 21.5 Å². The van der Waals surface area contributed by atoms with Crippen LogP contribution in [0.25, 0.3) is 0 Å². The lowest BCUT2D eigenvalue weighted by atomic mass is 10.1. The van der Waals surface area contributed by atoms with E-state index >= 15 is 0 Å². The number of carboxylic acid groups (broad SMARTS) is 1. The molecule has 9 nitrogen and oxygen atoms in total. The number of benzene rings is 1. The number of carbonyl (C=O) groups is 3. The summed E-state index contributed by atoms with van der Waals surface area (Å²) < 4.78 is 1.14. The summed E-state index contributed by atoms with van der Waals surface area (Å²) in [6.07, 6.45) is 1.17. The van der Waals surface area contributed by atoms with Gasteiger partial charge in [0.05, 0.1) is 12.7 Å². The van der Waals surface area contributed by atoms with Crippen LogP contribution in [0.15, 0.2) is 24.4 Å². The van der Waals surface area contributed by atoms with Crippen molar-refractivity contribution in [3.63, 3.8) is 0 Å². The predicted molar refractivity (Wildman–Crippen MR) is 93.8 cm³/mol. The zero-order chi connectivity index (χ0) is 19.3. The topological polar surface area (TPSA) is 117 Å². The van der Waals surface area contributed by atoms with Crippen LogP contribution in [-0.4, -0.2) is 55.9 Å². The number of rotatable bonds is 7. The Hall–Kier alpha value is -3.23. The molecule has 0 spiro atoms. The van der Waals surface area contributed by atoms with Gasteiger partial charge in [0.25, 0.3) is 0 Å². The maximum absolute atomic E-state index is 12.4. The first-order chi connectivity index (χ1) is 12.3. The Bertz CT molecular complexity index is 810. The van der Waals surface area contributed by atoms with Crippen molar-refractivity contribution < 1.29 is 19.5 Å². The standard InChI is InChI=1S/C17H21N5O4/c1-4-21(15(24)10-22-8-13(17(25)26)19-20-22)9-14(23)18-16-11(2)6-5-7-12(16)3/h5-8H,4,9-10H2,1-3H3,(H,18,23)(H,25,26). The van der Waals surface area contributed by atoms with E-state index in [1.54, 1.807) is 6.92 Å². The summed E-state index contributed by atoms with van der Waals surface area (Å²) in [6.45, 7) is 5.59. The number of nitrogens with one attached hydrogen (secondary N) is 1. The highest BCUT2D eigenvalue weighted by Crippen LogP contribution is 2.19. The van der Waals surface area contributed by atoms with Crippen molar-refractivity contribution in [1.29, 1.82) is 0 Å². The number of hydrogen-bond donors (Lipinski definition) is 2. The molecule has 26 heavy (non-hydrogen) atoms. The lowest BCUT2D eigenvalue weighted by molar-refractivity contribution is -0.135. The number of para-hydroxylation sites is 1. The van der Waals surface area contributed by atoms with E-state index in [0.29, 0.717) is 6.54 Å². The summed E-state index contributed by atoms with van der Waals surface area (Å²) in [7, 11) is 0. The van der Waals surface area contributed by atoms with E-state index in [1.807, 2.05) is 32.0 Å². The predicted octanol–water partition coefficient (Wildman–Crippen LogP) is 1.08. The van der Waals surface area contributed by atoms with Crippen LogP contribution in [0.4, 0.5) is 5.69 Å². The van der Waals surface area contributed by atoms with E-state index in [-0.39, 0.29) is 30.6 Å². The first kappa shape index (κ1) is 19.1. The van der Waals surface area contributed by atoms with Gasteiger partial charge in [0, 0.05) is 12.2 Å². The van der Waals surface area contributed by atoms with Gasteiger partial charge in [-0.1, -0.05) is 23.4 Å². The number of nitrogens with zero attached hydrogens (tertiary/aromatic N) is 4. The second-order valence-corrected chi connectivity index (χ2v) is 5.83. The number of hydrogen-bond acceptors (Lipinski definition) is 5. The molecule has 1 aromatic heterocycles. The van der Waals surface area contributed by atoms with E-state index in [1.165, 1.54) is 11.1 Å². The summed E-state index contributed by atoms with van der Waals surface area (Å²) >= 11 is 0. The molecule has 0 aliphatic carbocycles. The molecule has 0 unspecified atom stereocenters. The molecule has 1 heterocycles. The molecule has 0 fully saturated rings. The fourth-order valence-corrected chi connectivity index (χ4v) is 2.45. The molecule has 0 bridgehead atoms. The highest BCUT2D eigenvalue weighted by molar-refractivity contribution is 5.95. The molecule has 9 heteroatoms. The number of anilines is 1. The molecule has 2 N–H and O–H groups in total. The fourth-order valence-electron chi connectivity index (χ4n) is 2.45. The Kier molecular flexibility index (Phi) is 6.05. The van der Waals surface area contributed by atoms with Crippen LogP contribution in [0.3, 0.4) is 0 Å². The van der Waals surface area contributed by atoms with Gasteiger partial charge < -0.3 is 15.3 Å². The molecule has 1 aromatic carbocycles. The molecular formula is C17H21N5O4. The van der Waals surface area contributed by atoms with Gasteiger partial charge in [-0.2, -0.15) is 0 Å². The van der Waals surface area contributed by atoms with Gasteiger partial charge in [-0.25, -0.2) is 9.48 Å². The van der Waals surface area contributed by atoms with Gasteiger partial charge in [-0.05, 0) is 31.9 Å². The van der Waals surface area contributed by atoms with Crippen LogP contribution in [0.1, 0.15) is 28.5 Å². The number of aromatic nitrogens is 3. The lowest BCUT2D eigenvalue weighted by Gasteiger charge is -2.21. The fraction of sp³-hybridized carbons (Fsp3) is 0.353. The minimum atomic E-state index is -1.22. The van der Waals surface area contributed by atoms with Crippen LogP contribution in [0.5, 0.6) is 0 Å². The summed E-state index contributed by atoms with van der Waals surface area (Å²) in [5, 5.41) is 18.7. The van der Waals surface area contributed by atoms with Crippen LogP contribution < -0.4 is 5.32 Å². The van der Waals surface area contributed by atoms with Crippen molar-refractivity contribution in [1.82, 2.24) is 19.9 Å². The number of aromatic carboxylic acids is 1. The van der Waals surface area contributed by atoms with Crippen molar-refractivity contribution >= 4 is 23.5 Å². The van der Waals surface area contributed by atoms with Gasteiger partial charge in [0.15, 0.2) is 5.69 Å². The minimum Gasteiger partial charge on any atom is -0.476 e. The smallest absolute Gasteiger partial charge is 0.358 e. The monoisotopic (exact) mass is 359 g/mol. The maximum Gasteiger partial charge on any atom is 0.358 e. The Balaban J connectivity index is 1.99. The highest BCUT2D eigenvalue weighted by atomic mass is 16.4. The van der Waals surface area contributed by atoms with Crippen molar-refractivity contribution in [2.45, 2.75) is 27.3 Å². The molecular weight excluding hydrogens is 338 g/mol. The normalized spacial score (nSPS) is 10.4. The first-order valence-electron chi connectivity index (χ1n) is 8.09. The van der Waals surface area contributed by atoms with Gasteiger partial charge in [-0.15, -0.1) is 5.10 Å². The summed E-state index contributed by atoms with van der Waals surface area (Å²) in [5.41, 5.74) is 2.38. The molecule has 2 rings (SSSR count). The largest absolute Gasteiger partial charge is 0.476 e. The molecule has 0 saturated heterocycles. The maximum atomic E-state index is 12.4. The number of carbonyl (C=O) groups excluding carboxylic acids is 2. The van der Waals surface area contributed by atoms with Crippen molar-refractivity contribution in [3.8, 4) is 0 Å². The van der Waals surface area contributed by atoms with E-state index in [4.69, 9.17) is 5.11 Å². The Morgan fingerprint density at radius 2 is 1.88 bits per heavy atom. The molecule has 0 saturated carbocycles. The summed E-state index contributed by atoms with van der Waals surface area (Å²) in [5.74, 6) is -1.88. The van der Waals surface area contributed by atoms with Crippen molar-refractivity contribution in [2.24, 2.45) is 0 Å². The molecule has 0 radical (unpaired) electrons. The van der Waals surface area contributed by atoms with Gasteiger partial charge in [0.1, 0.15) is 6.54 Å². The van der Waals surface area contributed by atoms with Crippen LogP contribution in [0.2, 0.25) is 0 Å². The van der Waals surface area contributed by atoms with Gasteiger partial charge >= 0.3 is 5.97 Å². The van der Waals surface area contributed by atoms with Crippen LogP contribution >= 0.6 is 0 Å². The third kappa shape index (κ3) is 4.65. The van der Waals surface area contributed by atoms with Crippen LogP contribution in [-0.2, 0) is 16.1 Å². The number of aryl methyl sites for hydroxylation is 2. The van der Waals surface area contributed by atoms with Gasteiger partial charge in [-0.3, -0.25) is 9.59 Å². The number of amides is 2. The number of likely N-dealkylation sites (N-methyl/N-ethyl adjacent to an activating group) is 1. The SMILES string of the molecule is CCN(CC(=O)Nc1c(C)cccc1C)C(=O)Cn1cc(C(=O)O)nn1. The third-order valence-electron chi connectivity index (χ3n) is 3.87. The molecule has 2 amide bonds. The molecule has 0 aliphatic rings. The number of carboxylic acids is 1. The zero-order valence-electron chi connectivity index (χ0n) is 14.9. The summed E-state index contributed by atoms with van der Waals surface area (Å²) in [4.78, 5) is 36.8. The molecule has 0 atom stereocenters. The lowest BCUT2D eigenvalue weighted by Crippen LogP contribution is -2.39. The Morgan fingerprint density at radius 3 is 2.42 bits per heavy atom. The molecule has 0 aliphatic heterocycles. The first-order valence-corrected chi connectivity index (χ1v) is 8.09. The third-order valence-corrected chi connectivity index (χ3v) is 3.87. The van der Waals surface area contributed by atoms with Crippen molar-refractivity contribution in [2.75, 3.05) is 18.4 Å². The van der Waals surface area contributed by atoms with E-state index in [9.17, 15) is 14.4 Å². The average molecular weight is 359 g/mol. The Labute approximate surface area is 150 Å².